The molecule has 1 aromatic heterocycles. The molecular weight excluding hydrogens is 452 g/mol. The van der Waals surface area contributed by atoms with Gasteiger partial charge in [-0.25, -0.2) is 13.1 Å². The van der Waals surface area contributed by atoms with E-state index in [9.17, 15) is 18.0 Å². The van der Waals surface area contributed by atoms with Gasteiger partial charge < -0.3 is 15.2 Å². The van der Waals surface area contributed by atoms with E-state index in [4.69, 9.17) is 11.6 Å². The monoisotopic (exact) mass is 480 g/mol. The van der Waals surface area contributed by atoms with Gasteiger partial charge in [0, 0.05) is 48.2 Å². The number of likely N-dealkylation sites (tertiary alicyclic amines) is 1. The standard InChI is InChI=1S/C22H29ClN4O4S/c1-14-17(23)8-7-9-18(14)26-19(28)10-11-24-32(30,31)21-16(3)25-15(2)20(21)22(29)27-12-5-4-6-13-27/h7-9,24-25H,4-6,10-13H2,1-3H3,(H,26,28). The minimum Gasteiger partial charge on any atom is -0.361 e. The second-order valence-corrected chi connectivity index (χ2v) is 10.2. The fraction of sp³-hybridized carbons (Fsp3) is 0.455. The van der Waals surface area contributed by atoms with Crippen LogP contribution in [0.1, 0.15) is 53.0 Å². The molecule has 0 bridgehead atoms. The zero-order valence-electron chi connectivity index (χ0n) is 18.5. The van der Waals surface area contributed by atoms with Crippen molar-refractivity contribution in [3.05, 3.63) is 45.7 Å². The highest BCUT2D eigenvalue weighted by molar-refractivity contribution is 7.89. The van der Waals surface area contributed by atoms with Crippen molar-refractivity contribution in [1.29, 1.82) is 0 Å². The van der Waals surface area contributed by atoms with Gasteiger partial charge in [0.05, 0.1) is 5.56 Å². The van der Waals surface area contributed by atoms with E-state index in [-0.39, 0.29) is 35.2 Å². The summed E-state index contributed by atoms with van der Waals surface area (Å²) in [6, 6.07) is 5.18. The van der Waals surface area contributed by atoms with Gasteiger partial charge in [-0.15, -0.1) is 0 Å². The number of nitrogens with one attached hydrogen (secondary N) is 3. The molecule has 10 heteroatoms. The Hall–Kier alpha value is -2.36. The van der Waals surface area contributed by atoms with E-state index >= 15 is 0 Å². The molecule has 2 heterocycles. The number of hydrogen-bond acceptors (Lipinski definition) is 4. The average molecular weight is 481 g/mol. The minimum absolute atomic E-state index is 0.0448. The molecule has 0 atom stereocenters. The van der Waals surface area contributed by atoms with Crippen LogP contribution in [-0.4, -0.2) is 49.8 Å². The number of piperidine rings is 1. The number of aromatic amines is 1. The highest BCUT2D eigenvalue weighted by Crippen LogP contribution is 2.26. The van der Waals surface area contributed by atoms with Gasteiger partial charge in [-0.2, -0.15) is 0 Å². The molecule has 3 N–H and O–H groups in total. The Bertz CT molecular complexity index is 1120. The molecular formula is C22H29ClN4O4S. The van der Waals surface area contributed by atoms with Crippen LogP contribution in [0.2, 0.25) is 5.02 Å². The molecule has 1 saturated heterocycles. The number of halogens is 1. The van der Waals surface area contributed by atoms with Gasteiger partial charge in [-0.05, 0) is 57.7 Å². The summed E-state index contributed by atoms with van der Waals surface area (Å²) in [5.74, 6) is -0.620. The third kappa shape index (κ3) is 5.33. The zero-order chi connectivity index (χ0) is 23.5. The van der Waals surface area contributed by atoms with Crippen molar-refractivity contribution in [1.82, 2.24) is 14.6 Å². The maximum absolute atomic E-state index is 13.1. The molecule has 32 heavy (non-hydrogen) atoms. The summed E-state index contributed by atoms with van der Waals surface area (Å²) in [5.41, 5.74) is 2.41. The number of rotatable bonds is 7. The fourth-order valence-electron chi connectivity index (χ4n) is 3.93. The number of aryl methyl sites for hydroxylation is 2. The number of aromatic nitrogens is 1. The summed E-state index contributed by atoms with van der Waals surface area (Å²) in [7, 11) is -4.00. The fourth-order valence-corrected chi connectivity index (χ4v) is 5.59. The van der Waals surface area contributed by atoms with Gasteiger partial charge in [0.15, 0.2) is 0 Å². The third-order valence-corrected chi connectivity index (χ3v) is 7.67. The van der Waals surface area contributed by atoms with E-state index in [1.807, 2.05) is 0 Å². The first-order chi connectivity index (χ1) is 15.1. The Kier molecular flexibility index (Phi) is 7.63. The number of anilines is 1. The lowest BCUT2D eigenvalue weighted by Gasteiger charge is -2.27. The van der Waals surface area contributed by atoms with E-state index in [2.05, 4.69) is 15.0 Å². The van der Waals surface area contributed by atoms with Crippen LogP contribution in [0.25, 0.3) is 0 Å². The predicted molar refractivity (Wildman–Crippen MR) is 125 cm³/mol. The number of nitrogens with zero attached hydrogens (tertiary/aromatic N) is 1. The summed E-state index contributed by atoms with van der Waals surface area (Å²) < 4.78 is 28.6. The molecule has 2 aromatic rings. The maximum atomic E-state index is 13.1. The van der Waals surface area contributed by atoms with Crippen molar-refractivity contribution in [2.45, 2.75) is 51.3 Å². The van der Waals surface area contributed by atoms with Gasteiger partial charge in [0.2, 0.25) is 15.9 Å². The quantitative estimate of drug-likeness (QED) is 0.562. The predicted octanol–water partition coefficient (Wildman–Crippen LogP) is 3.53. The molecule has 2 amide bonds. The molecule has 0 aliphatic carbocycles. The van der Waals surface area contributed by atoms with Crippen LogP contribution in [0, 0.1) is 20.8 Å². The van der Waals surface area contributed by atoms with Crippen LogP contribution < -0.4 is 10.0 Å². The van der Waals surface area contributed by atoms with Gasteiger partial charge in [0.1, 0.15) is 4.90 Å². The normalized spacial score (nSPS) is 14.4. The van der Waals surface area contributed by atoms with Crippen molar-refractivity contribution in [2.24, 2.45) is 0 Å². The topological polar surface area (TPSA) is 111 Å². The Morgan fingerprint density at radius 1 is 1.09 bits per heavy atom. The Labute approximate surface area is 193 Å². The molecule has 0 radical (unpaired) electrons. The second kappa shape index (κ2) is 10.1. The minimum atomic E-state index is -4.00. The van der Waals surface area contributed by atoms with Crippen LogP contribution >= 0.6 is 11.6 Å². The summed E-state index contributed by atoms with van der Waals surface area (Å²) in [5, 5.41) is 3.27. The van der Waals surface area contributed by atoms with E-state index in [0.717, 1.165) is 24.8 Å². The van der Waals surface area contributed by atoms with E-state index in [1.165, 1.54) is 0 Å². The largest absolute Gasteiger partial charge is 0.361 e. The molecule has 0 saturated carbocycles. The van der Waals surface area contributed by atoms with Crippen molar-refractivity contribution in [3.8, 4) is 0 Å². The lowest BCUT2D eigenvalue weighted by atomic mass is 10.1. The van der Waals surface area contributed by atoms with Gasteiger partial charge >= 0.3 is 0 Å². The van der Waals surface area contributed by atoms with Crippen LogP contribution in [0.15, 0.2) is 23.1 Å². The summed E-state index contributed by atoms with van der Waals surface area (Å²) in [6.45, 7) is 6.26. The van der Waals surface area contributed by atoms with Crippen molar-refractivity contribution in [3.63, 3.8) is 0 Å². The molecule has 0 unspecified atom stereocenters. The van der Waals surface area contributed by atoms with Crippen molar-refractivity contribution < 1.29 is 18.0 Å². The summed E-state index contributed by atoms with van der Waals surface area (Å²) in [4.78, 5) is 30.0. The third-order valence-electron chi connectivity index (χ3n) is 5.63. The number of hydrogen-bond donors (Lipinski definition) is 3. The number of carbonyl (C=O) groups is 2. The van der Waals surface area contributed by atoms with Gasteiger partial charge in [-0.1, -0.05) is 17.7 Å². The smallest absolute Gasteiger partial charge is 0.257 e. The highest BCUT2D eigenvalue weighted by Gasteiger charge is 2.31. The van der Waals surface area contributed by atoms with E-state index < -0.39 is 10.0 Å². The zero-order valence-corrected chi connectivity index (χ0v) is 20.1. The number of H-pyrrole nitrogens is 1. The van der Waals surface area contributed by atoms with Crippen LogP contribution in [0.3, 0.4) is 0 Å². The maximum Gasteiger partial charge on any atom is 0.257 e. The first-order valence-electron chi connectivity index (χ1n) is 10.6. The second-order valence-electron chi connectivity index (χ2n) is 8.04. The highest BCUT2D eigenvalue weighted by atomic mass is 35.5. The Morgan fingerprint density at radius 3 is 2.47 bits per heavy atom. The Morgan fingerprint density at radius 2 is 1.78 bits per heavy atom. The van der Waals surface area contributed by atoms with E-state index in [0.29, 0.717) is 35.2 Å². The average Bonchev–Trinajstić information content (AvgIpc) is 3.06. The molecule has 1 fully saturated rings. The van der Waals surface area contributed by atoms with Crippen LogP contribution in [0.5, 0.6) is 0 Å². The summed E-state index contributed by atoms with van der Waals surface area (Å²) in [6.07, 6.45) is 2.83. The lowest BCUT2D eigenvalue weighted by molar-refractivity contribution is -0.116. The summed E-state index contributed by atoms with van der Waals surface area (Å²) >= 11 is 6.07. The first-order valence-corrected chi connectivity index (χ1v) is 12.5. The SMILES string of the molecule is Cc1[nH]c(C)c(S(=O)(=O)NCCC(=O)Nc2cccc(Cl)c2C)c1C(=O)N1CCCCC1. The number of sulfonamides is 1. The van der Waals surface area contributed by atoms with Crippen molar-refractivity contribution in [2.75, 3.05) is 25.0 Å². The lowest BCUT2D eigenvalue weighted by Crippen LogP contribution is -2.37. The molecule has 1 aliphatic rings. The van der Waals surface area contributed by atoms with Gasteiger partial charge in [0.25, 0.3) is 5.91 Å². The number of carbonyl (C=O) groups excluding carboxylic acids is 2. The van der Waals surface area contributed by atoms with E-state index in [1.54, 1.807) is 43.9 Å². The van der Waals surface area contributed by atoms with Gasteiger partial charge in [-0.3, -0.25) is 9.59 Å². The molecule has 0 spiro atoms. The van der Waals surface area contributed by atoms with Crippen molar-refractivity contribution >= 4 is 39.1 Å². The Balaban J connectivity index is 1.69. The molecule has 8 nitrogen and oxygen atoms in total. The number of amides is 2. The molecule has 3 rings (SSSR count). The molecule has 1 aromatic carbocycles. The molecule has 174 valence electrons. The van der Waals surface area contributed by atoms with Crippen LogP contribution in [0.4, 0.5) is 5.69 Å². The first kappa shape index (κ1) is 24.3. The molecule has 1 aliphatic heterocycles. The van der Waals surface area contributed by atoms with Crippen LogP contribution in [-0.2, 0) is 14.8 Å². The number of benzene rings is 1.